The monoisotopic (exact) mass is 177 g/mol. The first kappa shape index (κ1) is 8.07. The fraction of sp³-hybridized carbons (Fsp3) is 0.222. The summed E-state index contributed by atoms with van der Waals surface area (Å²) in [5.41, 5.74) is 8.64. The minimum atomic E-state index is -0.0307. The molecule has 2 N–H and O–H groups in total. The molecule has 4 nitrogen and oxygen atoms in total. The average Bonchev–Trinajstić information content (AvgIpc) is 2.46. The molecule has 0 radical (unpaired) electrons. The lowest BCUT2D eigenvalue weighted by Gasteiger charge is -2.12. The van der Waals surface area contributed by atoms with Crippen molar-refractivity contribution in [3.8, 4) is 0 Å². The molecule has 0 unspecified atom stereocenters. The number of amides is 1. The number of hydrogen-bond acceptors (Lipinski definition) is 3. The number of rotatable bonds is 0. The molecule has 0 saturated heterocycles. The zero-order chi connectivity index (χ0) is 9.42. The maximum absolute atomic E-state index is 11.1. The number of carbonyl (C=O) groups is 1. The summed E-state index contributed by atoms with van der Waals surface area (Å²) >= 11 is 0. The van der Waals surface area contributed by atoms with Crippen molar-refractivity contribution >= 4 is 17.3 Å². The quantitative estimate of drug-likeness (QED) is 0.625. The maximum atomic E-state index is 11.1. The van der Waals surface area contributed by atoms with Crippen molar-refractivity contribution in [2.24, 2.45) is 0 Å². The van der Waals surface area contributed by atoms with Crippen LogP contribution < -0.4 is 16.0 Å². The molecule has 0 aliphatic carbocycles. The lowest BCUT2D eigenvalue weighted by atomic mass is 10.2. The number of nitrogens with one attached hydrogen (secondary N) is 2. The van der Waals surface area contributed by atoms with E-state index >= 15 is 0 Å². The van der Waals surface area contributed by atoms with Crippen molar-refractivity contribution < 1.29 is 4.79 Å². The number of benzene rings is 1. The number of hydrogen-bond donors (Lipinski definition) is 2. The second-order valence-corrected chi connectivity index (χ2v) is 3.11. The molecule has 1 aliphatic heterocycles. The van der Waals surface area contributed by atoms with E-state index in [9.17, 15) is 4.79 Å². The molecule has 0 fully saturated rings. The van der Waals surface area contributed by atoms with Gasteiger partial charge in [0.05, 0.1) is 11.4 Å². The lowest BCUT2D eigenvalue weighted by molar-refractivity contribution is -0.117. The third-order valence-corrected chi connectivity index (χ3v) is 2.01. The van der Waals surface area contributed by atoms with E-state index in [1.54, 1.807) is 0 Å². The van der Waals surface area contributed by atoms with E-state index in [1.807, 2.05) is 25.1 Å². The van der Waals surface area contributed by atoms with Crippen molar-refractivity contribution in [3.05, 3.63) is 23.8 Å². The summed E-state index contributed by atoms with van der Waals surface area (Å²) in [6.07, 6.45) is 0. The SMILES string of the molecule is CC(=O)N1NNc2ccc(C)cc21. The first-order valence-electron chi connectivity index (χ1n) is 4.11. The largest absolute Gasteiger partial charge is 0.301 e. The van der Waals surface area contributed by atoms with Gasteiger partial charge >= 0.3 is 0 Å². The molecule has 1 aromatic rings. The van der Waals surface area contributed by atoms with Gasteiger partial charge in [-0.2, -0.15) is 0 Å². The summed E-state index contributed by atoms with van der Waals surface area (Å²) < 4.78 is 0. The summed E-state index contributed by atoms with van der Waals surface area (Å²) in [7, 11) is 0. The highest BCUT2D eigenvalue weighted by molar-refractivity contribution is 5.96. The van der Waals surface area contributed by atoms with Crippen LogP contribution in [0.3, 0.4) is 0 Å². The molecule has 13 heavy (non-hydrogen) atoms. The van der Waals surface area contributed by atoms with E-state index in [1.165, 1.54) is 11.9 Å². The number of aryl methyl sites for hydroxylation is 1. The van der Waals surface area contributed by atoms with E-state index < -0.39 is 0 Å². The molecule has 4 heteroatoms. The predicted molar refractivity (Wildman–Crippen MR) is 51.1 cm³/mol. The van der Waals surface area contributed by atoms with Gasteiger partial charge in [0.1, 0.15) is 0 Å². The van der Waals surface area contributed by atoms with E-state index in [2.05, 4.69) is 11.0 Å². The van der Waals surface area contributed by atoms with Gasteiger partial charge in [0.25, 0.3) is 0 Å². The van der Waals surface area contributed by atoms with Crippen LogP contribution in [0.1, 0.15) is 12.5 Å². The Morgan fingerprint density at radius 3 is 2.92 bits per heavy atom. The minimum absolute atomic E-state index is 0.0307. The molecular weight excluding hydrogens is 166 g/mol. The Labute approximate surface area is 76.5 Å². The van der Waals surface area contributed by atoms with Crippen LogP contribution in [0.2, 0.25) is 0 Å². The minimum Gasteiger partial charge on any atom is -0.301 e. The molecular formula is C9H11N3O. The second-order valence-electron chi connectivity index (χ2n) is 3.11. The van der Waals surface area contributed by atoms with Crippen LogP contribution >= 0.6 is 0 Å². The van der Waals surface area contributed by atoms with Crippen molar-refractivity contribution in [3.63, 3.8) is 0 Å². The average molecular weight is 177 g/mol. The molecule has 1 amide bonds. The van der Waals surface area contributed by atoms with Crippen LogP contribution in [0.15, 0.2) is 18.2 Å². The highest BCUT2D eigenvalue weighted by atomic mass is 16.2. The van der Waals surface area contributed by atoms with Crippen LogP contribution in [-0.2, 0) is 4.79 Å². The van der Waals surface area contributed by atoms with Gasteiger partial charge in [-0.15, -0.1) is 5.53 Å². The number of nitrogens with zero attached hydrogens (tertiary/aromatic N) is 1. The third kappa shape index (κ3) is 1.25. The molecule has 1 aromatic carbocycles. The predicted octanol–water partition coefficient (Wildman–Crippen LogP) is 1.19. The molecule has 2 rings (SSSR count). The van der Waals surface area contributed by atoms with Crippen LogP contribution in [0, 0.1) is 6.92 Å². The zero-order valence-corrected chi connectivity index (χ0v) is 7.59. The third-order valence-electron chi connectivity index (χ3n) is 2.01. The first-order valence-corrected chi connectivity index (χ1v) is 4.11. The maximum Gasteiger partial charge on any atom is 0.239 e. The first-order chi connectivity index (χ1) is 6.18. The van der Waals surface area contributed by atoms with Gasteiger partial charge in [-0.05, 0) is 24.6 Å². The molecule has 1 heterocycles. The smallest absolute Gasteiger partial charge is 0.239 e. The second kappa shape index (κ2) is 2.74. The Balaban J connectivity index is 2.46. The zero-order valence-electron chi connectivity index (χ0n) is 7.59. The van der Waals surface area contributed by atoms with Gasteiger partial charge in [-0.1, -0.05) is 6.07 Å². The van der Waals surface area contributed by atoms with Gasteiger partial charge in [0.2, 0.25) is 5.91 Å². The normalized spacial score (nSPS) is 13.8. The van der Waals surface area contributed by atoms with E-state index in [0.717, 1.165) is 16.9 Å². The summed E-state index contributed by atoms with van der Waals surface area (Å²) in [6.45, 7) is 3.52. The van der Waals surface area contributed by atoms with E-state index in [4.69, 9.17) is 0 Å². The van der Waals surface area contributed by atoms with Gasteiger partial charge in [-0.25, -0.2) is 5.01 Å². The Hall–Kier alpha value is -1.55. The fourth-order valence-corrected chi connectivity index (χ4v) is 1.36. The van der Waals surface area contributed by atoms with Crippen molar-refractivity contribution in [2.45, 2.75) is 13.8 Å². The van der Waals surface area contributed by atoms with Crippen molar-refractivity contribution in [1.29, 1.82) is 0 Å². The molecule has 0 aromatic heterocycles. The Bertz CT molecular complexity index is 362. The standard InChI is InChI=1S/C9H11N3O/c1-6-3-4-8-9(5-6)12(7(2)13)11-10-8/h3-5,10-11H,1-2H3. The number of fused-ring (bicyclic) bond motifs is 1. The van der Waals surface area contributed by atoms with E-state index in [-0.39, 0.29) is 5.91 Å². The number of hydrazine groups is 2. The highest BCUT2D eigenvalue weighted by Crippen LogP contribution is 2.29. The highest BCUT2D eigenvalue weighted by Gasteiger charge is 2.20. The topological polar surface area (TPSA) is 44.4 Å². The Kier molecular flexibility index (Phi) is 1.70. The van der Waals surface area contributed by atoms with Gasteiger partial charge in [-0.3, -0.25) is 4.79 Å². The van der Waals surface area contributed by atoms with Crippen LogP contribution in [0.4, 0.5) is 11.4 Å². The van der Waals surface area contributed by atoms with Crippen LogP contribution in [0.5, 0.6) is 0 Å². The van der Waals surface area contributed by atoms with Gasteiger partial charge in [0, 0.05) is 6.92 Å². The number of anilines is 2. The van der Waals surface area contributed by atoms with Crippen molar-refractivity contribution in [1.82, 2.24) is 5.53 Å². The molecule has 0 saturated carbocycles. The Morgan fingerprint density at radius 2 is 2.23 bits per heavy atom. The van der Waals surface area contributed by atoms with Crippen LogP contribution in [-0.4, -0.2) is 5.91 Å². The molecule has 68 valence electrons. The van der Waals surface area contributed by atoms with E-state index in [0.29, 0.717) is 0 Å². The van der Waals surface area contributed by atoms with Crippen LogP contribution in [0.25, 0.3) is 0 Å². The lowest BCUT2D eigenvalue weighted by Crippen LogP contribution is -2.39. The number of carbonyl (C=O) groups excluding carboxylic acids is 1. The molecule has 0 bridgehead atoms. The van der Waals surface area contributed by atoms with Crippen molar-refractivity contribution in [2.75, 3.05) is 10.4 Å². The molecule has 1 aliphatic rings. The fourth-order valence-electron chi connectivity index (χ4n) is 1.36. The Morgan fingerprint density at radius 1 is 1.46 bits per heavy atom. The van der Waals surface area contributed by atoms with Gasteiger partial charge < -0.3 is 5.43 Å². The van der Waals surface area contributed by atoms with Gasteiger partial charge in [0.15, 0.2) is 0 Å². The molecule has 0 spiro atoms. The molecule has 0 atom stereocenters. The summed E-state index contributed by atoms with van der Waals surface area (Å²) in [5.74, 6) is -0.0307. The summed E-state index contributed by atoms with van der Waals surface area (Å²) in [4.78, 5) is 11.1. The summed E-state index contributed by atoms with van der Waals surface area (Å²) in [6, 6.07) is 5.90. The summed E-state index contributed by atoms with van der Waals surface area (Å²) in [5, 5.41) is 1.49.